The smallest absolute Gasteiger partial charge is 0.311 e. The average molecular weight is 370 g/mol. The zero-order valence-corrected chi connectivity index (χ0v) is 14.2. The van der Waals surface area contributed by atoms with Crippen LogP contribution >= 0.6 is 23.1 Å². The monoisotopic (exact) mass is 370 g/mol. The summed E-state index contributed by atoms with van der Waals surface area (Å²) in [6.07, 6.45) is 0. The Morgan fingerprint density at radius 3 is 2.96 bits per heavy atom. The topological polar surface area (TPSA) is 81.5 Å². The number of carbonyl (C=O) groups excluding carboxylic acids is 1. The van der Waals surface area contributed by atoms with Crippen molar-refractivity contribution in [1.29, 1.82) is 0 Å². The number of nitro benzene ring substituents is 1. The van der Waals surface area contributed by atoms with Crippen molar-refractivity contribution in [2.24, 2.45) is 0 Å². The number of thiophene rings is 1. The third kappa shape index (κ3) is 5.82. The van der Waals surface area contributed by atoms with E-state index in [4.69, 9.17) is 4.74 Å². The summed E-state index contributed by atoms with van der Waals surface area (Å²) in [6.45, 7) is 0.0589. The van der Waals surface area contributed by atoms with Gasteiger partial charge in [0.2, 0.25) is 5.75 Å². The molecule has 2 aromatic rings. The molecule has 6 nitrogen and oxygen atoms in total. The molecular weight excluding hydrogens is 355 g/mol. The van der Waals surface area contributed by atoms with Gasteiger partial charge in [-0.05, 0) is 17.5 Å². The Bertz CT molecular complexity index is 695. The molecule has 0 aliphatic carbocycles. The van der Waals surface area contributed by atoms with Gasteiger partial charge in [-0.2, -0.15) is 11.8 Å². The summed E-state index contributed by atoms with van der Waals surface area (Å²) in [5.74, 6) is 0.289. The van der Waals surface area contributed by atoms with Crippen LogP contribution in [0.4, 0.5) is 10.1 Å². The van der Waals surface area contributed by atoms with Crippen LogP contribution < -0.4 is 10.1 Å². The van der Waals surface area contributed by atoms with Crippen molar-refractivity contribution in [1.82, 2.24) is 5.32 Å². The Morgan fingerprint density at radius 2 is 2.25 bits per heavy atom. The maximum absolute atomic E-state index is 13.1. The number of nitro groups is 1. The molecular formula is C15H15FN2O4S2. The van der Waals surface area contributed by atoms with Gasteiger partial charge >= 0.3 is 5.69 Å². The van der Waals surface area contributed by atoms with Crippen LogP contribution in [-0.4, -0.2) is 29.7 Å². The molecule has 0 fully saturated rings. The highest BCUT2D eigenvalue weighted by Crippen LogP contribution is 2.27. The zero-order chi connectivity index (χ0) is 17.4. The number of halogens is 1. The van der Waals surface area contributed by atoms with Crippen molar-refractivity contribution in [3.63, 3.8) is 0 Å². The lowest BCUT2D eigenvalue weighted by Crippen LogP contribution is -2.30. The predicted molar refractivity (Wildman–Crippen MR) is 92.0 cm³/mol. The number of ether oxygens (including phenoxy) is 1. The van der Waals surface area contributed by atoms with Crippen LogP contribution in [0.15, 0.2) is 35.7 Å². The lowest BCUT2D eigenvalue weighted by Gasteiger charge is -2.08. The molecule has 0 atom stereocenters. The van der Waals surface area contributed by atoms with Gasteiger partial charge in [0.15, 0.2) is 6.61 Å². The summed E-state index contributed by atoms with van der Waals surface area (Å²) in [4.78, 5) is 23.1. The molecule has 1 heterocycles. The number of nitrogens with one attached hydrogen (secondary N) is 1. The van der Waals surface area contributed by atoms with E-state index in [1.54, 1.807) is 23.1 Å². The van der Waals surface area contributed by atoms with Gasteiger partial charge in [0.1, 0.15) is 5.82 Å². The molecule has 0 aliphatic rings. The summed E-state index contributed by atoms with van der Waals surface area (Å²) < 4.78 is 18.2. The van der Waals surface area contributed by atoms with Crippen LogP contribution in [0.25, 0.3) is 0 Å². The number of rotatable bonds is 9. The first-order valence-corrected chi connectivity index (χ1v) is 9.03. The standard InChI is InChI=1S/C15H15FN2O4S2/c16-11-3-4-13(18(20)21)14(8-11)22-9-15(19)17-5-7-23-10-12-2-1-6-24-12/h1-4,6,8H,5,7,9-10H2,(H,17,19). The molecule has 1 N–H and O–H groups in total. The molecule has 0 saturated heterocycles. The first-order valence-electron chi connectivity index (χ1n) is 7.00. The molecule has 0 unspecified atom stereocenters. The van der Waals surface area contributed by atoms with E-state index in [2.05, 4.69) is 11.4 Å². The van der Waals surface area contributed by atoms with Gasteiger partial charge in [-0.15, -0.1) is 11.3 Å². The summed E-state index contributed by atoms with van der Waals surface area (Å²) in [5, 5.41) is 15.5. The first kappa shape index (κ1) is 18.2. The number of carbonyl (C=O) groups is 1. The minimum atomic E-state index is -0.687. The summed E-state index contributed by atoms with van der Waals surface area (Å²) in [7, 11) is 0. The summed E-state index contributed by atoms with van der Waals surface area (Å²) in [6, 6.07) is 6.91. The van der Waals surface area contributed by atoms with Crippen molar-refractivity contribution in [2.75, 3.05) is 18.9 Å². The van der Waals surface area contributed by atoms with E-state index in [9.17, 15) is 19.3 Å². The number of hydrogen-bond acceptors (Lipinski definition) is 6. The Labute approximate surface area is 146 Å². The lowest BCUT2D eigenvalue weighted by molar-refractivity contribution is -0.385. The minimum Gasteiger partial charge on any atom is -0.477 e. The normalized spacial score (nSPS) is 10.4. The quantitative estimate of drug-likeness (QED) is 0.416. The molecule has 0 bridgehead atoms. The van der Waals surface area contributed by atoms with Crippen LogP contribution in [0.2, 0.25) is 0 Å². The number of thioether (sulfide) groups is 1. The molecule has 2 rings (SSSR count). The van der Waals surface area contributed by atoms with Gasteiger partial charge in [-0.1, -0.05) is 6.07 Å². The highest BCUT2D eigenvalue weighted by molar-refractivity contribution is 7.98. The maximum Gasteiger partial charge on any atom is 0.311 e. The number of amides is 1. The molecule has 9 heteroatoms. The summed E-state index contributed by atoms with van der Waals surface area (Å²) in [5.41, 5.74) is -0.379. The SMILES string of the molecule is O=C(COc1cc(F)ccc1[N+](=O)[O-])NCCSCc1cccs1. The second kappa shape index (κ2) is 9.24. The van der Waals surface area contributed by atoms with E-state index in [1.165, 1.54) is 4.88 Å². The van der Waals surface area contributed by atoms with Crippen molar-refractivity contribution in [3.8, 4) is 5.75 Å². The van der Waals surface area contributed by atoms with E-state index >= 15 is 0 Å². The van der Waals surface area contributed by atoms with E-state index in [1.807, 2.05) is 11.4 Å². The molecule has 0 aliphatic heterocycles. The Morgan fingerprint density at radius 1 is 1.42 bits per heavy atom. The van der Waals surface area contributed by atoms with E-state index < -0.39 is 23.3 Å². The van der Waals surface area contributed by atoms with Crippen LogP contribution in [0.5, 0.6) is 5.75 Å². The minimum absolute atomic E-state index is 0.262. The fourth-order valence-electron chi connectivity index (χ4n) is 1.78. The average Bonchev–Trinajstić information content (AvgIpc) is 3.05. The Balaban J connectivity index is 1.69. The lowest BCUT2D eigenvalue weighted by atomic mass is 10.3. The zero-order valence-electron chi connectivity index (χ0n) is 12.6. The molecule has 128 valence electrons. The van der Waals surface area contributed by atoms with E-state index in [-0.39, 0.29) is 11.4 Å². The van der Waals surface area contributed by atoms with Crippen molar-refractivity contribution in [2.45, 2.75) is 5.75 Å². The fourth-order valence-corrected chi connectivity index (χ4v) is 3.48. The van der Waals surface area contributed by atoms with Crippen molar-refractivity contribution < 1.29 is 18.8 Å². The highest BCUT2D eigenvalue weighted by Gasteiger charge is 2.16. The van der Waals surface area contributed by atoms with Crippen LogP contribution in [0.3, 0.4) is 0 Å². The van der Waals surface area contributed by atoms with Gasteiger partial charge in [-0.25, -0.2) is 4.39 Å². The Kier molecular flexibility index (Phi) is 7.01. The molecule has 1 aromatic carbocycles. The molecule has 0 saturated carbocycles. The molecule has 0 spiro atoms. The summed E-state index contributed by atoms with van der Waals surface area (Å²) >= 11 is 3.38. The Hall–Kier alpha value is -2.13. The molecule has 24 heavy (non-hydrogen) atoms. The van der Waals surface area contributed by atoms with Crippen LogP contribution in [0, 0.1) is 15.9 Å². The number of hydrogen-bond donors (Lipinski definition) is 1. The highest BCUT2D eigenvalue weighted by atomic mass is 32.2. The molecule has 0 radical (unpaired) electrons. The number of nitrogens with zero attached hydrogens (tertiary/aromatic N) is 1. The molecule has 1 amide bonds. The molecule has 1 aromatic heterocycles. The second-order valence-corrected chi connectivity index (χ2v) is 6.78. The van der Waals surface area contributed by atoms with Crippen LogP contribution in [-0.2, 0) is 10.5 Å². The number of benzene rings is 1. The van der Waals surface area contributed by atoms with Crippen molar-refractivity contribution in [3.05, 3.63) is 56.5 Å². The van der Waals surface area contributed by atoms with Gasteiger partial charge in [0.05, 0.1) is 4.92 Å². The predicted octanol–water partition coefficient (Wildman–Crippen LogP) is 3.22. The van der Waals surface area contributed by atoms with E-state index in [0.717, 1.165) is 29.7 Å². The van der Waals surface area contributed by atoms with E-state index in [0.29, 0.717) is 6.54 Å². The third-order valence-electron chi connectivity index (χ3n) is 2.87. The second-order valence-electron chi connectivity index (χ2n) is 4.64. The van der Waals surface area contributed by atoms with Gasteiger partial charge in [0, 0.05) is 35.1 Å². The first-order chi connectivity index (χ1) is 11.6. The van der Waals surface area contributed by atoms with Gasteiger partial charge in [-0.3, -0.25) is 14.9 Å². The maximum atomic E-state index is 13.1. The van der Waals surface area contributed by atoms with Crippen LogP contribution in [0.1, 0.15) is 4.88 Å². The third-order valence-corrected chi connectivity index (χ3v) is 4.94. The van der Waals surface area contributed by atoms with Gasteiger partial charge < -0.3 is 10.1 Å². The largest absolute Gasteiger partial charge is 0.477 e. The van der Waals surface area contributed by atoms with Crippen molar-refractivity contribution >= 4 is 34.7 Å². The van der Waals surface area contributed by atoms with Gasteiger partial charge in [0.25, 0.3) is 5.91 Å². The fraction of sp³-hybridized carbons (Fsp3) is 0.267.